The number of hydrogen-bond acceptors (Lipinski definition) is 6. The molecule has 0 aliphatic heterocycles. The molecule has 11 heteroatoms. The van der Waals surface area contributed by atoms with E-state index in [-0.39, 0.29) is 5.60 Å². The van der Waals surface area contributed by atoms with Gasteiger partial charge in [0.05, 0.1) is 11.4 Å². The van der Waals surface area contributed by atoms with Gasteiger partial charge in [-0.15, -0.1) is 0 Å². The van der Waals surface area contributed by atoms with E-state index in [1.807, 2.05) is 66.7 Å². The fraction of sp³-hybridized carbons (Fsp3) is 0.0333. The maximum atomic E-state index is 6.16. The van der Waals surface area contributed by atoms with E-state index in [0.29, 0.717) is 0 Å². The third-order valence-corrected chi connectivity index (χ3v) is 24.4. The number of benzene rings is 20. The lowest BCUT2D eigenvalue weighted by Gasteiger charge is -2.27. The first-order chi connectivity index (χ1) is 64.2. The second-order valence-electron chi connectivity index (χ2n) is 31.8. The Kier molecular flexibility index (Phi) is 30.7. The molecule has 0 aliphatic rings. The average Bonchev–Trinajstić information content (AvgIpc) is 0.766. The number of halogens is 5. The van der Waals surface area contributed by atoms with E-state index in [9.17, 15) is 0 Å². The average molecular weight is 2020 g/mol. The summed E-state index contributed by atoms with van der Waals surface area (Å²) in [5, 5.41) is 4.96. The summed E-state index contributed by atoms with van der Waals surface area (Å²) in [5.41, 5.74) is 24.0. The Hall–Kier alpha value is -13.9. The molecule has 0 aliphatic carbocycles. The number of rotatable bonds is 19. The topological polar surface area (TPSA) is 25.4 Å². The molecule has 131 heavy (non-hydrogen) atoms. The number of nitrogens with zero attached hydrogens (tertiary/aromatic N) is 5. The molecule has 0 saturated heterocycles. The van der Waals surface area contributed by atoms with E-state index in [0.717, 1.165) is 113 Å². The monoisotopic (exact) mass is 2020 g/mol. The summed E-state index contributed by atoms with van der Waals surface area (Å²) in [6, 6.07) is 179. The summed E-state index contributed by atoms with van der Waals surface area (Å²) in [6.07, 6.45) is 0. The van der Waals surface area contributed by atoms with Crippen LogP contribution in [0.5, 0.6) is 5.75 Å². The number of anilines is 15. The highest BCUT2D eigenvalue weighted by atomic mass is 79.9. The van der Waals surface area contributed by atoms with Crippen LogP contribution in [-0.4, -0.2) is 5.60 Å². The van der Waals surface area contributed by atoms with Gasteiger partial charge in [-0.05, 0) is 311 Å². The van der Waals surface area contributed by atoms with Crippen molar-refractivity contribution in [2.45, 2.75) is 26.4 Å². The van der Waals surface area contributed by atoms with Crippen LogP contribution in [0.15, 0.2) is 538 Å². The van der Waals surface area contributed by atoms with Crippen LogP contribution in [-0.2, 0) is 0 Å². The van der Waals surface area contributed by atoms with Crippen LogP contribution < -0.4 is 29.2 Å². The van der Waals surface area contributed by atoms with Crippen LogP contribution in [0.3, 0.4) is 0 Å². The van der Waals surface area contributed by atoms with Gasteiger partial charge in [0.15, 0.2) is 0 Å². The molecule has 0 saturated carbocycles. The highest BCUT2D eigenvalue weighted by Crippen LogP contribution is 2.45. The Morgan fingerprint density at radius 2 is 0.458 bits per heavy atom. The van der Waals surface area contributed by atoms with Gasteiger partial charge >= 0.3 is 0 Å². The van der Waals surface area contributed by atoms with Crippen molar-refractivity contribution in [1.82, 2.24) is 0 Å². The molecule has 20 rings (SSSR count). The number of hydrogen-bond donors (Lipinski definition) is 0. The molecule has 0 N–H and O–H groups in total. The van der Waals surface area contributed by atoms with Crippen molar-refractivity contribution in [1.29, 1.82) is 0 Å². The zero-order valence-corrected chi connectivity index (χ0v) is 80.5. The minimum atomic E-state index is -0.255. The van der Waals surface area contributed by atoms with Crippen LogP contribution >= 0.6 is 79.6 Å². The van der Waals surface area contributed by atoms with Crippen LogP contribution in [0.1, 0.15) is 20.8 Å². The molecule has 0 atom stereocenters. The second kappa shape index (κ2) is 44.4. The molecule has 0 fully saturated rings. The molecule has 6 nitrogen and oxygen atoms in total. The maximum Gasteiger partial charge on any atom is 0.122 e. The summed E-state index contributed by atoms with van der Waals surface area (Å²) in [5.74, 6) is 0.860. The van der Waals surface area contributed by atoms with Gasteiger partial charge in [-0.1, -0.05) is 349 Å². The molecule has 20 aromatic carbocycles. The first kappa shape index (κ1) is 90.5. The standard InChI is InChI=1S/C30H26BrNO.3C24H18BrN.C18H14BrN/c1-30(2,3)33-27-11-7-10-25(20-27)32(24-8-5-4-6-9-24)26-15-17-29-22(19-26)13-12-21-18-23(31)14-16-28(21)29;25-21-16-14-19(15-17-21)20-8-7-13-24(18-20)26(22-9-3-1-4-10-22)23-11-5-2-6-12-23;25-20-17-15-19(16-18-20)23-13-7-8-14-24(23)26(21-9-3-1-4-10-21)22-11-5-2-6-12-22;25-21-15-11-19(12-16-21)20-13-17-24(18-14-20)26(22-7-3-1-4-8-22)23-9-5-2-6-10-23;19-17-13-7-8-14-18(17)20(15-9-3-1-4-10-15)16-11-5-2-6-12-16/h4-20H,1-3H3;3*1-18H;1-14H. The van der Waals surface area contributed by atoms with Gasteiger partial charge in [-0.3, -0.25) is 0 Å². The van der Waals surface area contributed by atoms with E-state index in [1.54, 1.807) is 0 Å². The molecular formula is C120H94Br5N5O. The van der Waals surface area contributed by atoms with Crippen LogP contribution in [0.25, 0.3) is 54.9 Å². The first-order valence-electron chi connectivity index (χ1n) is 43.4. The highest BCUT2D eigenvalue weighted by Gasteiger charge is 2.22. The lowest BCUT2D eigenvalue weighted by atomic mass is 10.0. The van der Waals surface area contributed by atoms with Gasteiger partial charge in [0.2, 0.25) is 0 Å². The van der Waals surface area contributed by atoms with Gasteiger partial charge in [0, 0.05) is 108 Å². The third kappa shape index (κ3) is 23.8. The van der Waals surface area contributed by atoms with E-state index in [1.165, 1.54) is 54.9 Å². The normalized spacial score (nSPS) is 10.7. The molecule has 0 heterocycles. The van der Waals surface area contributed by atoms with E-state index < -0.39 is 0 Å². The van der Waals surface area contributed by atoms with Crippen molar-refractivity contribution in [2.75, 3.05) is 24.5 Å². The summed E-state index contributed by atoms with van der Waals surface area (Å²) in [4.78, 5) is 11.4. The highest BCUT2D eigenvalue weighted by molar-refractivity contribution is 9.11. The molecule has 640 valence electrons. The van der Waals surface area contributed by atoms with Crippen LogP contribution in [0.2, 0.25) is 0 Å². The zero-order chi connectivity index (χ0) is 90.1. The molecule has 0 aromatic heterocycles. The molecule has 20 aromatic rings. The number of fused-ring (bicyclic) bond motifs is 3. The summed E-state index contributed by atoms with van der Waals surface area (Å²) in [7, 11) is 0. The largest absolute Gasteiger partial charge is 0.488 e. The second-order valence-corrected chi connectivity index (χ2v) is 36.3. The third-order valence-electron chi connectivity index (χ3n) is 21.6. The quantitative estimate of drug-likeness (QED) is 0.0749. The van der Waals surface area contributed by atoms with Crippen molar-refractivity contribution < 1.29 is 4.74 Å². The summed E-state index contributed by atoms with van der Waals surface area (Å²) >= 11 is 17.8. The van der Waals surface area contributed by atoms with E-state index >= 15 is 0 Å². The van der Waals surface area contributed by atoms with Crippen molar-refractivity contribution >= 4 is 187 Å². The van der Waals surface area contributed by atoms with Crippen LogP contribution in [0.4, 0.5) is 85.3 Å². The van der Waals surface area contributed by atoms with E-state index in [4.69, 9.17) is 4.74 Å². The predicted molar refractivity (Wildman–Crippen MR) is 576 cm³/mol. The van der Waals surface area contributed by atoms with Crippen molar-refractivity contribution in [2.24, 2.45) is 0 Å². The van der Waals surface area contributed by atoms with Crippen LogP contribution in [0, 0.1) is 0 Å². The van der Waals surface area contributed by atoms with Gasteiger partial charge in [-0.25, -0.2) is 0 Å². The number of ether oxygens (including phenoxy) is 1. The van der Waals surface area contributed by atoms with Gasteiger partial charge in [0.1, 0.15) is 11.4 Å². The van der Waals surface area contributed by atoms with Crippen molar-refractivity contribution in [3.8, 4) is 39.1 Å². The Labute approximate surface area is 811 Å². The first-order valence-corrected chi connectivity index (χ1v) is 47.3. The zero-order valence-electron chi connectivity index (χ0n) is 72.6. The molecule has 0 bridgehead atoms. The predicted octanol–water partition coefficient (Wildman–Crippen LogP) is 38.1. The van der Waals surface area contributed by atoms with Gasteiger partial charge < -0.3 is 29.2 Å². The molecule has 0 unspecified atom stereocenters. The Morgan fingerprint density at radius 3 is 0.870 bits per heavy atom. The smallest absolute Gasteiger partial charge is 0.122 e. The Balaban J connectivity index is 0.000000121. The minimum absolute atomic E-state index is 0.255. The fourth-order valence-electron chi connectivity index (χ4n) is 15.7. The maximum absolute atomic E-state index is 6.16. The number of para-hydroxylation sites is 11. The van der Waals surface area contributed by atoms with Crippen molar-refractivity contribution in [3.63, 3.8) is 0 Å². The molecule has 0 spiro atoms. The fourth-order valence-corrected chi connectivity index (χ4v) is 17.3. The van der Waals surface area contributed by atoms with Crippen molar-refractivity contribution in [3.05, 3.63) is 538 Å². The SMILES string of the molecule is Brc1ccc(-c2ccc(N(c3ccccc3)c3ccccc3)cc2)cc1.Brc1ccc(-c2cccc(N(c3ccccc3)c3ccccc3)c2)cc1.Brc1ccc(-c2ccccc2N(c2ccccc2)c2ccccc2)cc1.Brc1ccccc1N(c1ccccc1)c1ccccc1.CC(C)(C)Oc1cccc(N(c2ccccc2)c2ccc3c(ccc4cc(Br)ccc43)c2)c1. The lowest BCUT2D eigenvalue weighted by Crippen LogP contribution is -2.23. The summed E-state index contributed by atoms with van der Waals surface area (Å²) < 4.78 is 11.6. The molecule has 0 radical (unpaired) electrons. The lowest BCUT2D eigenvalue weighted by molar-refractivity contribution is 0.131. The molecular weight excluding hydrogens is 1930 g/mol. The minimum Gasteiger partial charge on any atom is -0.488 e. The van der Waals surface area contributed by atoms with Gasteiger partial charge in [-0.2, -0.15) is 0 Å². The Morgan fingerprint density at radius 1 is 0.183 bits per heavy atom. The van der Waals surface area contributed by atoms with E-state index in [2.05, 4.69) is 574 Å². The molecule has 0 amide bonds. The Bertz CT molecular complexity index is 6840. The van der Waals surface area contributed by atoms with Gasteiger partial charge in [0.25, 0.3) is 0 Å². The summed E-state index contributed by atoms with van der Waals surface area (Å²) in [6.45, 7) is 6.21.